The number of carbonyl (C=O) groups is 1. The highest BCUT2D eigenvalue weighted by Crippen LogP contribution is 2.29. The molecule has 0 fully saturated rings. The van der Waals surface area contributed by atoms with Crippen LogP contribution in [0.15, 0.2) is 77.8 Å². The normalized spacial score (nSPS) is 12.5. The van der Waals surface area contributed by atoms with E-state index in [1.54, 1.807) is 32.2 Å². The van der Waals surface area contributed by atoms with E-state index in [1.807, 2.05) is 36.4 Å². The zero-order valence-electron chi connectivity index (χ0n) is 17.2. The molecule has 3 aromatic rings. The predicted octanol–water partition coefficient (Wildman–Crippen LogP) is 4.71. The first-order valence-electron chi connectivity index (χ1n) is 9.85. The minimum atomic E-state index is -3.84. The standard InChI is InChI=1S/C23H23ClN2O4S/c1-3-26(4-2)31(28,29)21-16-18(13-14-19(21)24)23(27)30-22(17-10-6-5-7-11-17)20-12-8-9-15-25-20/h5-16,22H,3-4H2,1-2H3/t22-/m1/s1. The number of ether oxygens (including phenoxy) is 1. The SMILES string of the molecule is CCN(CC)S(=O)(=O)c1cc(C(=O)O[C@H](c2ccccc2)c2ccccn2)ccc1Cl. The molecule has 31 heavy (non-hydrogen) atoms. The van der Waals surface area contributed by atoms with Crippen LogP contribution in [0.5, 0.6) is 0 Å². The van der Waals surface area contributed by atoms with Crippen molar-refractivity contribution < 1.29 is 17.9 Å². The fourth-order valence-corrected chi connectivity index (χ4v) is 5.12. The second-order valence-electron chi connectivity index (χ2n) is 6.69. The maximum atomic E-state index is 13.0. The van der Waals surface area contributed by atoms with Crippen LogP contribution >= 0.6 is 11.6 Å². The number of carbonyl (C=O) groups excluding carboxylic acids is 1. The number of hydrogen-bond donors (Lipinski definition) is 0. The molecular weight excluding hydrogens is 436 g/mol. The van der Waals surface area contributed by atoms with Crippen molar-refractivity contribution in [2.45, 2.75) is 24.8 Å². The van der Waals surface area contributed by atoms with E-state index in [2.05, 4.69) is 4.98 Å². The molecule has 6 nitrogen and oxygen atoms in total. The molecule has 0 aliphatic heterocycles. The summed E-state index contributed by atoms with van der Waals surface area (Å²) in [5, 5.41) is 0.0489. The number of nitrogens with zero attached hydrogens (tertiary/aromatic N) is 2. The van der Waals surface area contributed by atoms with Gasteiger partial charge in [0.05, 0.1) is 16.3 Å². The number of sulfonamides is 1. The predicted molar refractivity (Wildman–Crippen MR) is 119 cm³/mol. The first kappa shape index (κ1) is 22.9. The lowest BCUT2D eigenvalue weighted by atomic mass is 10.1. The summed E-state index contributed by atoms with van der Waals surface area (Å²) in [6.45, 7) is 4.06. The summed E-state index contributed by atoms with van der Waals surface area (Å²) in [7, 11) is -3.84. The van der Waals surface area contributed by atoms with Crippen LogP contribution < -0.4 is 0 Å². The van der Waals surface area contributed by atoms with Gasteiger partial charge in [0, 0.05) is 19.3 Å². The molecule has 0 radical (unpaired) electrons. The van der Waals surface area contributed by atoms with Crippen LogP contribution in [0.3, 0.4) is 0 Å². The van der Waals surface area contributed by atoms with Gasteiger partial charge in [0.15, 0.2) is 6.10 Å². The van der Waals surface area contributed by atoms with E-state index in [0.717, 1.165) is 5.56 Å². The first-order chi connectivity index (χ1) is 14.9. The number of rotatable bonds is 8. The van der Waals surface area contributed by atoms with Crippen LogP contribution in [0.4, 0.5) is 0 Å². The van der Waals surface area contributed by atoms with E-state index in [4.69, 9.17) is 16.3 Å². The molecule has 8 heteroatoms. The Bertz CT molecular complexity index is 1100. The van der Waals surface area contributed by atoms with Gasteiger partial charge >= 0.3 is 5.97 Å². The van der Waals surface area contributed by atoms with Crippen molar-refractivity contribution in [1.82, 2.24) is 9.29 Å². The van der Waals surface area contributed by atoms with Crippen molar-refractivity contribution in [3.05, 3.63) is 94.8 Å². The fraction of sp³-hybridized carbons (Fsp3) is 0.217. The topological polar surface area (TPSA) is 76.6 Å². The number of aromatic nitrogens is 1. The highest BCUT2D eigenvalue weighted by atomic mass is 35.5. The minimum absolute atomic E-state index is 0.0489. The van der Waals surface area contributed by atoms with Crippen LogP contribution in [0.2, 0.25) is 5.02 Å². The van der Waals surface area contributed by atoms with Gasteiger partial charge in [0.1, 0.15) is 4.90 Å². The van der Waals surface area contributed by atoms with Crippen LogP contribution in [-0.4, -0.2) is 36.8 Å². The van der Waals surface area contributed by atoms with E-state index in [1.165, 1.54) is 22.5 Å². The summed E-state index contributed by atoms with van der Waals surface area (Å²) in [6.07, 6.45) is 0.879. The molecule has 0 bridgehead atoms. The van der Waals surface area contributed by atoms with Crippen molar-refractivity contribution in [2.75, 3.05) is 13.1 Å². The summed E-state index contributed by atoms with van der Waals surface area (Å²) in [4.78, 5) is 17.2. The smallest absolute Gasteiger partial charge is 0.339 e. The lowest BCUT2D eigenvalue weighted by Crippen LogP contribution is -2.31. The van der Waals surface area contributed by atoms with Gasteiger partial charge in [-0.25, -0.2) is 13.2 Å². The molecule has 162 valence electrons. The molecule has 1 heterocycles. The Labute approximate surface area is 187 Å². The molecule has 0 aliphatic rings. The van der Waals surface area contributed by atoms with Crippen molar-refractivity contribution in [3.8, 4) is 0 Å². The molecule has 1 atom stereocenters. The van der Waals surface area contributed by atoms with Crippen LogP contribution in [0.1, 0.15) is 41.6 Å². The molecule has 3 rings (SSSR count). The Morgan fingerprint density at radius 1 is 1.03 bits per heavy atom. The van der Waals surface area contributed by atoms with Crippen LogP contribution in [0, 0.1) is 0 Å². The molecule has 0 aliphatic carbocycles. The van der Waals surface area contributed by atoms with Crippen molar-refractivity contribution in [3.63, 3.8) is 0 Å². The number of pyridine rings is 1. The van der Waals surface area contributed by atoms with Gasteiger partial charge in [-0.3, -0.25) is 4.98 Å². The molecular formula is C23H23ClN2O4S. The van der Waals surface area contributed by atoms with Crippen molar-refractivity contribution in [1.29, 1.82) is 0 Å². The largest absolute Gasteiger partial charge is 0.447 e. The zero-order chi connectivity index (χ0) is 22.4. The molecule has 0 unspecified atom stereocenters. The molecule has 0 saturated carbocycles. The van der Waals surface area contributed by atoms with E-state index in [0.29, 0.717) is 18.8 Å². The number of benzene rings is 2. The molecule has 0 N–H and O–H groups in total. The van der Waals surface area contributed by atoms with Gasteiger partial charge in [-0.2, -0.15) is 4.31 Å². The summed E-state index contributed by atoms with van der Waals surface area (Å²) in [6, 6.07) is 18.7. The Morgan fingerprint density at radius 3 is 2.32 bits per heavy atom. The third-order valence-electron chi connectivity index (χ3n) is 4.77. The second-order valence-corrected chi connectivity index (χ2v) is 9.00. The highest BCUT2D eigenvalue weighted by molar-refractivity contribution is 7.89. The number of hydrogen-bond acceptors (Lipinski definition) is 5. The number of esters is 1. The summed E-state index contributed by atoms with van der Waals surface area (Å²) >= 11 is 6.17. The van der Waals surface area contributed by atoms with Gasteiger partial charge in [0.25, 0.3) is 0 Å². The highest BCUT2D eigenvalue weighted by Gasteiger charge is 2.27. The maximum Gasteiger partial charge on any atom is 0.339 e. The van der Waals surface area contributed by atoms with E-state index < -0.39 is 22.1 Å². The fourth-order valence-electron chi connectivity index (χ4n) is 3.16. The minimum Gasteiger partial charge on any atom is -0.447 e. The Kier molecular flexibility index (Phi) is 7.43. The maximum absolute atomic E-state index is 13.0. The third-order valence-corrected chi connectivity index (χ3v) is 7.31. The Morgan fingerprint density at radius 2 is 1.71 bits per heavy atom. The van der Waals surface area contributed by atoms with E-state index in [9.17, 15) is 13.2 Å². The molecule has 0 amide bonds. The lowest BCUT2D eigenvalue weighted by Gasteiger charge is -2.20. The van der Waals surface area contributed by atoms with Gasteiger partial charge in [-0.05, 0) is 35.9 Å². The first-order valence-corrected chi connectivity index (χ1v) is 11.7. The zero-order valence-corrected chi connectivity index (χ0v) is 18.8. The van der Waals surface area contributed by atoms with E-state index >= 15 is 0 Å². The lowest BCUT2D eigenvalue weighted by molar-refractivity contribution is 0.0370. The second kappa shape index (κ2) is 10.0. The summed E-state index contributed by atoms with van der Waals surface area (Å²) in [5.74, 6) is -0.674. The van der Waals surface area contributed by atoms with Gasteiger partial charge in [-0.1, -0.05) is 61.8 Å². The Hall–Kier alpha value is -2.74. The molecule has 0 saturated heterocycles. The average Bonchev–Trinajstić information content (AvgIpc) is 2.79. The van der Waals surface area contributed by atoms with Gasteiger partial charge in [-0.15, -0.1) is 0 Å². The quantitative estimate of drug-likeness (QED) is 0.457. The van der Waals surface area contributed by atoms with Gasteiger partial charge in [0.2, 0.25) is 10.0 Å². The van der Waals surface area contributed by atoms with Crippen LogP contribution in [0.25, 0.3) is 0 Å². The van der Waals surface area contributed by atoms with Crippen molar-refractivity contribution in [2.24, 2.45) is 0 Å². The average molecular weight is 459 g/mol. The summed E-state index contributed by atoms with van der Waals surface area (Å²) in [5.41, 5.74) is 1.40. The van der Waals surface area contributed by atoms with Gasteiger partial charge < -0.3 is 4.74 Å². The number of halogens is 1. The molecule has 0 spiro atoms. The third kappa shape index (κ3) is 5.12. The van der Waals surface area contributed by atoms with Crippen LogP contribution in [-0.2, 0) is 14.8 Å². The molecule has 2 aromatic carbocycles. The Balaban J connectivity index is 1.97. The molecule has 1 aromatic heterocycles. The monoisotopic (exact) mass is 458 g/mol. The summed E-state index contributed by atoms with van der Waals surface area (Å²) < 4.78 is 32.9. The van der Waals surface area contributed by atoms with Crippen molar-refractivity contribution >= 4 is 27.6 Å². The van der Waals surface area contributed by atoms with E-state index in [-0.39, 0.29) is 15.5 Å².